The molecule has 2 amide bonds. The molecule has 5 atom stereocenters. The molecule has 1 aromatic heterocycles. The second-order valence-electron chi connectivity index (χ2n) is 13.5. The third-order valence-electron chi connectivity index (χ3n) is 9.98. The number of ketones is 1. The van der Waals surface area contributed by atoms with Gasteiger partial charge in [0.25, 0.3) is 0 Å². The van der Waals surface area contributed by atoms with Gasteiger partial charge in [0.05, 0.1) is 36.3 Å². The Balaban J connectivity index is 1.32. The van der Waals surface area contributed by atoms with Gasteiger partial charge in [-0.3, -0.25) is 23.9 Å². The van der Waals surface area contributed by atoms with Gasteiger partial charge < -0.3 is 14.4 Å². The zero-order chi connectivity index (χ0) is 35.1. The number of rotatable bonds is 7. The van der Waals surface area contributed by atoms with Crippen LogP contribution in [0.25, 0.3) is 10.8 Å². The zero-order valence-corrected chi connectivity index (χ0v) is 27.6. The van der Waals surface area contributed by atoms with Crippen molar-refractivity contribution in [1.82, 2.24) is 14.6 Å². The van der Waals surface area contributed by atoms with Crippen LogP contribution >= 0.6 is 0 Å². The number of benzene rings is 1. The number of nitrogens with one attached hydrogen (secondary N) is 1. The van der Waals surface area contributed by atoms with Gasteiger partial charge in [-0.15, -0.1) is 6.58 Å². The molecule has 3 heterocycles. The molecule has 1 aromatic carbocycles. The van der Waals surface area contributed by atoms with E-state index >= 15 is 0 Å². The Kier molecular flexibility index (Phi) is 9.50. The third-order valence-corrected chi connectivity index (χ3v) is 11.8. The summed E-state index contributed by atoms with van der Waals surface area (Å²) in [7, 11) is -3.95. The Morgan fingerprint density at radius 2 is 1.92 bits per heavy atom. The smallest absolute Gasteiger partial charge is 0.401 e. The standard InChI is InChI=1S/C34H38F3N3O8S/c1-2-22-17-33(22,32(44)39-49(45,46)24-9-10-24)18-28(41)27-15-23-19-40(27)31(43)26(34(35,36)37)16-29(42)47-13-5-3-4-6-20-7-8-21-11-12-38-30(48-23)25(21)14-20/h2,7-8,11-12,14,22-24,26-27H,1,3-6,9-10,13,15-19H2,(H,39,44)/t22?,23-,26?,27+,33+/m1/s1. The summed E-state index contributed by atoms with van der Waals surface area (Å²) in [5.74, 6) is -7.44. The van der Waals surface area contributed by atoms with Crippen molar-refractivity contribution in [2.24, 2.45) is 17.3 Å². The first kappa shape index (κ1) is 34.8. The summed E-state index contributed by atoms with van der Waals surface area (Å²) in [6, 6.07) is 6.13. The van der Waals surface area contributed by atoms with Crippen LogP contribution in [0.1, 0.15) is 63.4 Å². The van der Waals surface area contributed by atoms with E-state index in [1.165, 1.54) is 12.3 Å². The molecule has 15 heteroatoms. The van der Waals surface area contributed by atoms with E-state index in [9.17, 15) is 40.8 Å². The first-order valence-electron chi connectivity index (χ1n) is 16.5. The first-order chi connectivity index (χ1) is 23.2. The molecule has 4 aliphatic rings. The quantitative estimate of drug-likeness (QED) is 0.331. The number of Topliss-reactive ketones (excluding diaryl/α,β-unsaturated/α-hetero) is 1. The molecule has 6 rings (SSSR count). The zero-order valence-electron chi connectivity index (χ0n) is 26.7. The monoisotopic (exact) mass is 705 g/mol. The molecular formula is C34H38F3N3O8S. The van der Waals surface area contributed by atoms with Gasteiger partial charge in [-0.05, 0) is 73.9 Å². The van der Waals surface area contributed by atoms with Crippen molar-refractivity contribution in [1.29, 1.82) is 0 Å². The number of hydrogen-bond donors (Lipinski definition) is 1. The van der Waals surface area contributed by atoms with Gasteiger partial charge in [0.1, 0.15) is 12.0 Å². The van der Waals surface area contributed by atoms with Crippen LogP contribution in [-0.2, 0) is 40.4 Å². The molecule has 49 heavy (non-hydrogen) atoms. The predicted octanol–water partition coefficient (Wildman–Crippen LogP) is 4.18. The second kappa shape index (κ2) is 13.4. The van der Waals surface area contributed by atoms with Gasteiger partial charge in [0.2, 0.25) is 27.7 Å². The van der Waals surface area contributed by atoms with Crippen molar-refractivity contribution in [3.63, 3.8) is 0 Å². The second-order valence-corrected chi connectivity index (χ2v) is 15.5. The van der Waals surface area contributed by atoms with Crippen LogP contribution in [0.5, 0.6) is 5.88 Å². The van der Waals surface area contributed by atoms with Gasteiger partial charge in [0, 0.05) is 24.4 Å². The fourth-order valence-corrected chi connectivity index (χ4v) is 8.28. The number of allylic oxidation sites excluding steroid dienone is 1. The summed E-state index contributed by atoms with van der Waals surface area (Å²) in [6.07, 6.45) is -1.74. The number of carbonyl (C=O) groups excluding carboxylic acids is 4. The molecule has 11 nitrogen and oxygen atoms in total. The number of sulfonamides is 1. The summed E-state index contributed by atoms with van der Waals surface area (Å²) in [5.41, 5.74) is -0.483. The number of halogens is 3. The van der Waals surface area contributed by atoms with Gasteiger partial charge in [-0.25, -0.2) is 13.4 Å². The fraction of sp³-hybridized carbons (Fsp3) is 0.559. The Morgan fingerprint density at radius 3 is 2.61 bits per heavy atom. The molecule has 0 spiro atoms. The Bertz CT molecular complexity index is 1780. The van der Waals surface area contributed by atoms with E-state index in [0.29, 0.717) is 37.5 Å². The number of cyclic esters (lactones) is 1. The molecule has 1 N–H and O–H groups in total. The van der Waals surface area contributed by atoms with Gasteiger partial charge in [-0.1, -0.05) is 18.2 Å². The fourth-order valence-electron chi connectivity index (χ4n) is 6.90. The minimum absolute atomic E-state index is 0.102. The minimum atomic E-state index is -5.14. The highest BCUT2D eigenvalue weighted by molar-refractivity contribution is 7.90. The molecule has 264 valence electrons. The van der Waals surface area contributed by atoms with Crippen molar-refractivity contribution in [3.05, 3.63) is 48.7 Å². The van der Waals surface area contributed by atoms with E-state index < -0.39 is 93.8 Å². The summed E-state index contributed by atoms with van der Waals surface area (Å²) in [5, 5.41) is 0.772. The summed E-state index contributed by atoms with van der Waals surface area (Å²) < 4.78 is 81.7. The van der Waals surface area contributed by atoms with E-state index in [0.717, 1.165) is 22.3 Å². The molecule has 1 saturated heterocycles. The van der Waals surface area contributed by atoms with Crippen molar-refractivity contribution in [2.45, 2.75) is 87.8 Å². The lowest BCUT2D eigenvalue weighted by molar-refractivity contribution is -0.196. The maximum absolute atomic E-state index is 14.4. The normalized spacial score (nSPS) is 28.3. The number of hydrogen-bond acceptors (Lipinski definition) is 9. The molecule has 3 fully saturated rings. The lowest BCUT2D eigenvalue weighted by Crippen LogP contribution is -2.49. The van der Waals surface area contributed by atoms with Crippen molar-refractivity contribution < 1.29 is 50.2 Å². The van der Waals surface area contributed by atoms with E-state index in [1.54, 1.807) is 6.07 Å². The number of aromatic nitrogens is 1. The summed E-state index contributed by atoms with van der Waals surface area (Å²) >= 11 is 0. The lowest BCUT2D eigenvalue weighted by Gasteiger charge is -2.29. The molecule has 2 aromatic rings. The van der Waals surface area contributed by atoms with E-state index in [1.807, 2.05) is 18.2 Å². The topological polar surface area (TPSA) is 149 Å². The van der Waals surface area contributed by atoms with Crippen LogP contribution < -0.4 is 9.46 Å². The van der Waals surface area contributed by atoms with Gasteiger partial charge >= 0.3 is 12.1 Å². The predicted molar refractivity (Wildman–Crippen MR) is 169 cm³/mol. The number of carbonyl (C=O) groups is 4. The van der Waals surface area contributed by atoms with E-state index in [4.69, 9.17) is 9.47 Å². The Morgan fingerprint density at radius 1 is 1.14 bits per heavy atom. The lowest BCUT2D eigenvalue weighted by atomic mass is 9.91. The average molecular weight is 706 g/mol. The maximum Gasteiger partial charge on any atom is 0.401 e. The number of esters is 1. The van der Waals surface area contributed by atoms with Crippen LogP contribution in [0.3, 0.4) is 0 Å². The van der Waals surface area contributed by atoms with Crippen molar-refractivity contribution in [3.8, 4) is 5.88 Å². The SMILES string of the molecule is C=CC1C[C@@]1(CC(=O)[C@@H]1C[C@@H]2CN1C(=O)C(C(F)(F)F)CC(=O)OCCCCCc1ccc3ccnc(c3c1)O2)C(=O)NS(=O)(=O)C1CC1. The van der Waals surface area contributed by atoms with Crippen LogP contribution in [0.15, 0.2) is 43.1 Å². The van der Waals surface area contributed by atoms with Gasteiger partial charge in [0.15, 0.2) is 5.78 Å². The molecule has 2 unspecified atom stereocenters. The number of alkyl halides is 3. The highest BCUT2D eigenvalue weighted by atomic mass is 32.2. The molecule has 4 bridgehead atoms. The third kappa shape index (κ3) is 7.46. The van der Waals surface area contributed by atoms with Crippen LogP contribution in [0, 0.1) is 17.3 Å². The first-order valence-corrected chi connectivity index (χ1v) is 18.0. The van der Waals surface area contributed by atoms with Crippen LogP contribution in [0.2, 0.25) is 0 Å². The number of pyridine rings is 1. The van der Waals surface area contributed by atoms with E-state index in [2.05, 4.69) is 16.3 Å². The number of nitrogens with zero attached hydrogens (tertiary/aromatic N) is 2. The molecule has 0 radical (unpaired) electrons. The van der Waals surface area contributed by atoms with E-state index in [-0.39, 0.29) is 25.3 Å². The number of amides is 2. The van der Waals surface area contributed by atoms with Crippen LogP contribution in [-0.4, -0.2) is 78.6 Å². The average Bonchev–Trinajstić information content (AvgIpc) is 3.97. The summed E-state index contributed by atoms with van der Waals surface area (Å²) in [6.45, 7) is 3.17. The maximum atomic E-state index is 14.4. The molecule has 2 aliphatic heterocycles. The largest absolute Gasteiger partial charge is 0.472 e. The number of fused-ring (bicyclic) bond motifs is 3. The molecule has 2 saturated carbocycles. The molecule has 2 aliphatic carbocycles. The highest BCUT2D eigenvalue weighted by Crippen LogP contribution is 2.57. The summed E-state index contributed by atoms with van der Waals surface area (Å²) in [4.78, 5) is 58.8. The minimum Gasteiger partial charge on any atom is -0.472 e. The van der Waals surface area contributed by atoms with Crippen molar-refractivity contribution >= 4 is 44.4 Å². The highest BCUT2D eigenvalue weighted by Gasteiger charge is 2.62. The van der Waals surface area contributed by atoms with Gasteiger partial charge in [-0.2, -0.15) is 13.2 Å². The van der Waals surface area contributed by atoms with Crippen molar-refractivity contribution in [2.75, 3.05) is 13.2 Å². The Labute approximate surface area is 281 Å². The number of aryl methyl sites for hydroxylation is 1. The number of ether oxygens (including phenoxy) is 2. The molecular weight excluding hydrogens is 667 g/mol. The Hall–Kier alpha value is -4.01. The van der Waals surface area contributed by atoms with Crippen LogP contribution in [0.4, 0.5) is 13.2 Å².